The number of hydrogen-bond acceptors (Lipinski definition) is 3. The molecule has 0 aromatic heterocycles. The number of amides is 1. The van der Waals surface area contributed by atoms with Gasteiger partial charge in [0.25, 0.3) is 0 Å². The maximum Gasteiger partial charge on any atom is 0.224 e. The second-order valence-corrected chi connectivity index (χ2v) is 9.16. The van der Waals surface area contributed by atoms with Crippen molar-refractivity contribution >= 4 is 39.0 Å². The van der Waals surface area contributed by atoms with E-state index in [1.54, 1.807) is 11.8 Å². The second kappa shape index (κ2) is 6.89. The third-order valence-corrected chi connectivity index (χ3v) is 5.92. The number of carbonyl (C=O) groups excluding carboxylic acids is 2. The first-order valence-corrected chi connectivity index (χ1v) is 10.2. The molecule has 1 N–H and O–H groups in total. The quantitative estimate of drug-likeness (QED) is 0.641. The van der Waals surface area contributed by atoms with Gasteiger partial charge in [-0.15, -0.1) is 0 Å². The summed E-state index contributed by atoms with van der Waals surface area (Å²) < 4.78 is 0.924. The molecule has 2 aromatic carbocycles. The number of Topliss-reactive ketones (excluding diaryl/α,β-unsaturated/α-hetero) is 1. The van der Waals surface area contributed by atoms with E-state index in [1.807, 2.05) is 48.5 Å². The van der Waals surface area contributed by atoms with Crippen molar-refractivity contribution in [2.24, 2.45) is 11.3 Å². The fourth-order valence-corrected chi connectivity index (χ4v) is 4.81. The largest absolute Gasteiger partial charge is 0.357 e. The zero-order valence-electron chi connectivity index (χ0n) is 16.2. The summed E-state index contributed by atoms with van der Waals surface area (Å²) in [5.74, 6) is -0.365. The van der Waals surface area contributed by atoms with Crippen LogP contribution >= 0.6 is 15.9 Å². The van der Waals surface area contributed by atoms with E-state index in [0.717, 1.165) is 27.1 Å². The highest BCUT2D eigenvalue weighted by atomic mass is 79.9. The van der Waals surface area contributed by atoms with E-state index in [2.05, 4.69) is 41.2 Å². The van der Waals surface area contributed by atoms with E-state index >= 15 is 0 Å². The first kappa shape index (κ1) is 18.9. The Morgan fingerprint density at radius 1 is 1.18 bits per heavy atom. The van der Waals surface area contributed by atoms with Crippen LogP contribution in [0.25, 0.3) is 0 Å². The number of nitrogens with zero attached hydrogens (tertiary/aromatic N) is 1. The molecule has 4 rings (SSSR count). The van der Waals surface area contributed by atoms with E-state index in [9.17, 15) is 9.59 Å². The standard InChI is InChI=1S/C23H23BrN2O2/c1-14(27)26-19-10-5-4-9-17(19)25-18-12-23(2,3)13-20(28)21(18)22(26)15-7-6-8-16(24)11-15/h4-12,21-22,25H,13H2,1-3H3. The second-order valence-electron chi connectivity index (χ2n) is 8.24. The minimum atomic E-state index is -0.432. The molecule has 0 radical (unpaired) electrons. The van der Waals surface area contributed by atoms with Crippen LogP contribution in [0.3, 0.4) is 0 Å². The molecule has 0 fully saturated rings. The van der Waals surface area contributed by atoms with Crippen molar-refractivity contribution in [2.45, 2.75) is 33.2 Å². The molecule has 2 atom stereocenters. The van der Waals surface area contributed by atoms with Gasteiger partial charge in [-0.05, 0) is 35.2 Å². The van der Waals surface area contributed by atoms with Gasteiger partial charge in [0.2, 0.25) is 5.91 Å². The topological polar surface area (TPSA) is 49.4 Å². The summed E-state index contributed by atoms with van der Waals surface area (Å²) in [6, 6.07) is 15.2. The molecule has 4 nitrogen and oxygen atoms in total. The number of halogens is 1. The average Bonchev–Trinajstić information content (AvgIpc) is 2.74. The van der Waals surface area contributed by atoms with E-state index < -0.39 is 12.0 Å². The molecule has 5 heteroatoms. The molecule has 0 saturated carbocycles. The van der Waals surface area contributed by atoms with Crippen LogP contribution in [0, 0.1) is 11.3 Å². The molecule has 28 heavy (non-hydrogen) atoms. The molecule has 0 spiro atoms. The predicted molar refractivity (Wildman–Crippen MR) is 115 cm³/mol. The van der Waals surface area contributed by atoms with E-state index in [-0.39, 0.29) is 17.1 Å². The number of hydrogen-bond donors (Lipinski definition) is 1. The lowest BCUT2D eigenvalue weighted by atomic mass is 9.72. The van der Waals surface area contributed by atoms with Crippen LogP contribution < -0.4 is 10.2 Å². The van der Waals surface area contributed by atoms with Crippen molar-refractivity contribution in [3.8, 4) is 0 Å². The van der Waals surface area contributed by atoms with Crippen molar-refractivity contribution < 1.29 is 9.59 Å². The summed E-state index contributed by atoms with van der Waals surface area (Å²) in [5.41, 5.74) is 3.23. The molecule has 2 unspecified atom stereocenters. The highest BCUT2D eigenvalue weighted by molar-refractivity contribution is 9.10. The van der Waals surface area contributed by atoms with Gasteiger partial charge in [-0.2, -0.15) is 0 Å². The third kappa shape index (κ3) is 3.28. The lowest BCUT2D eigenvalue weighted by Crippen LogP contribution is -2.42. The van der Waals surface area contributed by atoms with Crippen LogP contribution in [0.4, 0.5) is 11.4 Å². The normalized spacial score (nSPS) is 23.1. The van der Waals surface area contributed by atoms with Crippen molar-refractivity contribution in [2.75, 3.05) is 10.2 Å². The number of carbonyl (C=O) groups is 2. The summed E-state index contributed by atoms with van der Waals surface area (Å²) in [5, 5.41) is 3.48. The molecule has 0 saturated heterocycles. The fraction of sp³-hybridized carbons (Fsp3) is 0.304. The Balaban J connectivity index is 2.01. The summed E-state index contributed by atoms with van der Waals surface area (Å²) in [6.07, 6.45) is 2.61. The van der Waals surface area contributed by atoms with Crippen LogP contribution in [0.2, 0.25) is 0 Å². The molecule has 1 heterocycles. The zero-order chi connectivity index (χ0) is 20.1. The number of fused-ring (bicyclic) bond motifs is 2. The Kier molecular flexibility index (Phi) is 4.66. The van der Waals surface area contributed by atoms with Gasteiger partial charge >= 0.3 is 0 Å². The highest BCUT2D eigenvalue weighted by Gasteiger charge is 2.45. The predicted octanol–water partition coefficient (Wildman–Crippen LogP) is 5.47. The van der Waals surface area contributed by atoms with Crippen molar-refractivity contribution in [1.82, 2.24) is 0 Å². The molecule has 1 amide bonds. The maximum absolute atomic E-state index is 13.4. The van der Waals surface area contributed by atoms with Crippen LogP contribution in [0.1, 0.15) is 38.8 Å². The minimum Gasteiger partial charge on any atom is -0.357 e. The number of benzene rings is 2. The van der Waals surface area contributed by atoms with Gasteiger partial charge < -0.3 is 10.2 Å². The Morgan fingerprint density at radius 3 is 2.64 bits per heavy atom. The molecular formula is C23H23BrN2O2. The van der Waals surface area contributed by atoms with Gasteiger partial charge in [-0.25, -0.2) is 0 Å². The Labute approximate surface area is 173 Å². The molecule has 0 bridgehead atoms. The number of rotatable bonds is 1. The number of ketones is 1. The molecule has 2 aliphatic rings. The molecular weight excluding hydrogens is 416 g/mol. The van der Waals surface area contributed by atoms with Crippen molar-refractivity contribution in [3.05, 3.63) is 70.3 Å². The van der Waals surface area contributed by atoms with Gasteiger partial charge in [0, 0.05) is 23.5 Å². The van der Waals surface area contributed by atoms with Gasteiger partial charge in [0.05, 0.1) is 23.3 Å². The van der Waals surface area contributed by atoms with E-state index in [1.165, 1.54) is 0 Å². The molecule has 1 aliphatic carbocycles. The van der Waals surface area contributed by atoms with Crippen LogP contribution in [0.15, 0.2) is 64.8 Å². The zero-order valence-corrected chi connectivity index (χ0v) is 17.8. The van der Waals surface area contributed by atoms with E-state index in [0.29, 0.717) is 6.42 Å². The smallest absolute Gasteiger partial charge is 0.224 e. The average molecular weight is 439 g/mol. The maximum atomic E-state index is 13.4. The monoisotopic (exact) mass is 438 g/mol. The first-order valence-electron chi connectivity index (χ1n) is 9.44. The van der Waals surface area contributed by atoms with Gasteiger partial charge in [0.1, 0.15) is 5.78 Å². The van der Waals surface area contributed by atoms with E-state index in [4.69, 9.17) is 0 Å². The molecule has 2 aromatic rings. The van der Waals surface area contributed by atoms with Crippen LogP contribution in [-0.4, -0.2) is 11.7 Å². The first-order chi connectivity index (χ1) is 13.3. The Morgan fingerprint density at radius 2 is 1.93 bits per heavy atom. The summed E-state index contributed by atoms with van der Waals surface area (Å²) in [6.45, 7) is 5.71. The van der Waals surface area contributed by atoms with Crippen LogP contribution in [0.5, 0.6) is 0 Å². The number of anilines is 2. The SMILES string of the molecule is CC(=O)N1c2ccccc2NC2=CC(C)(C)CC(=O)C2C1c1cccc(Br)c1. The van der Waals surface area contributed by atoms with Crippen molar-refractivity contribution in [1.29, 1.82) is 0 Å². The summed E-state index contributed by atoms with van der Waals surface area (Å²) in [4.78, 5) is 28.0. The van der Waals surface area contributed by atoms with Gasteiger partial charge in [0.15, 0.2) is 0 Å². The molecule has 1 aliphatic heterocycles. The van der Waals surface area contributed by atoms with Gasteiger partial charge in [-0.3, -0.25) is 9.59 Å². The highest BCUT2D eigenvalue weighted by Crippen LogP contribution is 2.48. The summed E-state index contributed by atoms with van der Waals surface area (Å²) in [7, 11) is 0. The molecule has 144 valence electrons. The number of allylic oxidation sites excluding steroid dienone is 1. The van der Waals surface area contributed by atoms with Gasteiger partial charge in [-0.1, -0.05) is 60.1 Å². The summed E-state index contributed by atoms with van der Waals surface area (Å²) >= 11 is 3.54. The minimum absolute atomic E-state index is 0.0851. The fourth-order valence-electron chi connectivity index (χ4n) is 4.40. The van der Waals surface area contributed by atoms with Crippen LogP contribution in [-0.2, 0) is 9.59 Å². The Hall–Kier alpha value is -2.40. The van der Waals surface area contributed by atoms with Crippen molar-refractivity contribution in [3.63, 3.8) is 0 Å². The lowest BCUT2D eigenvalue weighted by molar-refractivity contribution is -0.125. The Bertz CT molecular complexity index is 996. The lowest BCUT2D eigenvalue weighted by Gasteiger charge is -2.39. The number of nitrogens with one attached hydrogen (secondary N) is 1. The third-order valence-electron chi connectivity index (χ3n) is 5.42. The number of para-hydroxylation sites is 2.